The minimum absolute atomic E-state index is 0.152. The van der Waals surface area contributed by atoms with E-state index in [4.69, 9.17) is 0 Å². The zero-order valence-corrected chi connectivity index (χ0v) is 10.9. The standard InChI is InChI=1S/C13H24N2O/c1-12(2)10(13(12,3)4)11(16)15-9-6-5-7-14-8-9/h9-10,14H,5-8H2,1-4H3,(H,15,16)/t9-/m1/s1. The molecule has 2 fully saturated rings. The molecule has 0 bridgehead atoms. The predicted molar refractivity (Wildman–Crippen MR) is 65.1 cm³/mol. The Hall–Kier alpha value is -0.570. The summed E-state index contributed by atoms with van der Waals surface area (Å²) < 4.78 is 0. The van der Waals surface area contributed by atoms with Crippen LogP contribution in [0, 0.1) is 16.7 Å². The van der Waals surface area contributed by atoms with E-state index in [1.165, 1.54) is 6.42 Å². The van der Waals surface area contributed by atoms with Gasteiger partial charge in [0.05, 0.1) is 0 Å². The van der Waals surface area contributed by atoms with Crippen LogP contribution >= 0.6 is 0 Å². The van der Waals surface area contributed by atoms with Crippen molar-refractivity contribution >= 4 is 5.91 Å². The van der Waals surface area contributed by atoms with Gasteiger partial charge in [-0.3, -0.25) is 4.79 Å². The first-order valence-corrected chi connectivity index (χ1v) is 6.38. The molecular formula is C13H24N2O. The van der Waals surface area contributed by atoms with Crippen molar-refractivity contribution in [2.75, 3.05) is 13.1 Å². The molecule has 1 aliphatic carbocycles. The van der Waals surface area contributed by atoms with Crippen molar-refractivity contribution in [2.24, 2.45) is 16.7 Å². The molecule has 3 heteroatoms. The molecular weight excluding hydrogens is 200 g/mol. The van der Waals surface area contributed by atoms with Crippen LogP contribution < -0.4 is 10.6 Å². The fourth-order valence-electron chi connectivity index (χ4n) is 3.11. The molecule has 16 heavy (non-hydrogen) atoms. The molecule has 1 atom stereocenters. The number of piperidine rings is 1. The van der Waals surface area contributed by atoms with E-state index in [0.717, 1.165) is 19.5 Å². The van der Waals surface area contributed by atoms with E-state index in [-0.39, 0.29) is 22.7 Å². The van der Waals surface area contributed by atoms with Crippen LogP contribution in [0.1, 0.15) is 40.5 Å². The van der Waals surface area contributed by atoms with Crippen LogP contribution in [0.3, 0.4) is 0 Å². The molecule has 1 aliphatic heterocycles. The minimum Gasteiger partial charge on any atom is -0.352 e. The summed E-state index contributed by atoms with van der Waals surface area (Å²) in [5.41, 5.74) is 0.304. The SMILES string of the molecule is CC1(C)C(C(=O)N[C@@H]2CCCNC2)C1(C)C. The maximum Gasteiger partial charge on any atom is 0.224 e. The van der Waals surface area contributed by atoms with E-state index in [1.807, 2.05) is 0 Å². The number of hydrogen-bond acceptors (Lipinski definition) is 2. The van der Waals surface area contributed by atoms with Gasteiger partial charge in [0.2, 0.25) is 5.91 Å². The van der Waals surface area contributed by atoms with Gasteiger partial charge < -0.3 is 10.6 Å². The highest BCUT2D eigenvalue weighted by Crippen LogP contribution is 2.68. The maximum atomic E-state index is 12.2. The van der Waals surface area contributed by atoms with Crippen LogP contribution in [0.4, 0.5) is 0 Å². The molecule has 0 radical (unpaired) electrons. The number of carbonyl (C=O) groups is 1. The fourth-order valence-corrected chi connectivity index (χ4v) is 3.11. The summed E-state index contributed by atoms with van der Waals surface area (Å²) in [6.45, 7) is 10.8. The lowest BCUT2D eigenvalue weighted by Gasteiger charge is -2.24. The summed E-state index contributed by atoms with van der Waals surface area (Å²) in [7, 11) is 0. The summed E-state index contributed by atoms with van der Waals surface area (Å²) in [5, 5.41) is 6.52. The molecule has 92 valence electrons. The first kappa shape index (κ1) is 11.9. The van der Waals surface area contributed by atoms with Crippen LogP contribution in [0.25, 0.3) is 0 Å². The maximum absolute atomic E-state index is 12.2. The average Bonchev–Trinajstić information content (AvgIpc) is 2.58. The number of amides is 1. The monoisotopic (exact) mass is 224 g/mol. The van der Waals surface area contributed by atoms with Crippen molar-refractivity contribution in [3.8, 4) is 0 Å². The topological polar surface area (TPSA) is 41.1 Å². The predicted octanol–water partition coefficient (Wildman–Crippen LogP) is 1.54. The number of nitrogens with one attached hydrogen (secondary N) is 2. The van der Waals surface area contributed by atoms with Gasteiger partial charge in [-0.1, -0.05) is 27.7 Å². The van der Waals surface area contributed by atoms with E-state index in [2.05, 4.69) is 38.3 Å². The molecule has 0 aromatic rings. The molecule has 2 N–H and O–H groups in total. The van der Waals surface area contributed by atoms with Crippen LogP contribution in [0.15, 0.2) is 0 Å². The van der Waals surface area contributed by atoms with Crippen molar-refractivity contribution in [1.29, 1.82) is 0 Å². The van der Waals surface area contributed by atoms with E-state index >= 15 is 0 Å². The van der Waals surface area contributed by atoms with Gasteiger partial charge in [0.15, 0.2) is 0 Å². The third-order valence-corrected chi connectivity index (χ3v) is 4.93. The second-order valence-electron chi connectivity index (χ2n) is 6.43. The normalized spacial score (nSPS) is 32.1. The second kappa shape index (κ2) is 3.73. The van der Waals surface area contributed by atoms with Gasteiger partial charge in [-0.2, -0.15) is 0 Å². The molecule has 0 spiro atoms. The lowest BCUT2D eigenvalue weighted by Crippen LogP contribution is -2.46. The zero-order chi connectivity index (χ0) is 12.0. The molecule has 3 nitrogen and oxygen atoms in total. The number of rotatable bonds is 2. The molecule has 1 saturated carbocycles. The van der Waals surface area contributed by atoms with E-state index in [1.54, 1.807) is 0 Å². The Labute approximate surface area is 98.4 Å². The largest absolute Gasteiger partial charge is 0.352 e. The van der Waals surface area contributed by atoms with Gasteiger partial charge in [0.25, 0.3) is 0 Å². The lowest BCUT2D eigenvalue weighted by molar-refractivity contribution is -0.124. The molecule has 0 aromatic carbocycles. The summed E-state index contributed by atoms with van der Waals surface area (Å²) in [4.78, 5) is 12.2. The van der Waals surface area contributed by atoms with Gasteiger partial charge in [-0.25, -0.2) is 0 Å². The Morgan fingerprint density at radius 1 is 1.25 bits per heavy atom. The summed E-state index contributed by atoms with van der Waals surface area (Å²) in [6, 6.07) is 0.341. The Morgan fingerprint density at radius 2 is 1.88 bits per heavy atom. The van der Waals surface area contributed by atoms with Crippen LogP contribution in [-0.4, -0.2) is 25.0 Å². The van der Waals surface area contributed by atoms with Crippen LogP contribution in [0.5, 0.6) is 0 Å². The Kier molecular flexibility index (Phi) is 2.77. The van der Waals surface area contributed by atoms with Crippen LogP contribution in [0.2, 0.25) is 0 Å². The second-order valence-corrected chi connectivity index (χ2v) is 6.43. The molecule has 0 aromatic heterocycles. The molecule has 0 unspecified atom stereocenters. The first-order valence-electron chi connectivity index (χ1n) is 6.38. The van der Waals surface area contributed by atoms with Gasteiger partial charge in [-0.15, -0.1) is 0 Å². The van der Waals surface area contributed by atoms with Gasteiger partial charge in [0.1, 0.15) is 0 Å². The Bertz CT molecular complexity index is 276. The van der Waals surface area contributed by atoms with Crippen molar-refractivity contribution < 1.29 is 4.79 Å². The highest BCUT2D eigenvalue weighted by Gasteiger charge is 2.68. The summed E-state index contributed by atoms with van der Waals surface area (Å²) in [6.07, 6.45) is 2.29. The summed E-state index contributed by atoms with van der Waals surface area (Å²) >= 11 is 0. The van der Waals surface area contributed by atoms with E-state index < -0.39 is 0 Å². The van der Waals surface area contributed by atoms with Crippen molar-refractivity contribution in [2.45, 2.75) is 46.6 Å². The molecule has 1 heterocycles. The minimum atomic E-state index is 0.152. The molecule has 1 saturated heterocycles. The lowest BCUT2D eigenvalue weighted by atomic mass is 10.0. The fraction of sp³-hybridized carbons (Fsp3) is 0.923. The van der Waals surface area contributed by atoms with Crippen LogP contribution in [-0.2, 0) is 4.79 Å². The Balaban J connectivity index is 1.90. The third-order valence-electron chi connectivity index (χ3n) is 4.93. The molecule has 2 aliphatic rings. The van der Waals surface area contributed by atoms with Crippen molar-refractivity contribution in [3.05, 3.63) is 0 Å². The molecule has 1 amide bonds. The highest BCUT2D eigenvalue weighted by molar-refractivity contribution is 5.84. The average molecular weight is 224 g/mol. The van der Waals surface area contributed by atoms with E-state index in [9.17, 15) is 4.79 Å². The Morgan fingerprint density at radius 3 is 2.31 bits per heavy atom. The number of carbonyl (C=O) groups excluding carboxylic acids is 1. The third kappa shape index (κ3) is 1.75. The first-order chi connectivity index (χ1) is 7.37. The number of hydrogen-bond donors (Lipinski definition) is 2. The van der Waals surface area contributed by atoms with E-state index in [0.29, 0.717) is 6.04 Å². The zero-order valence-electron chi connectivity index (χ0n) is 10.9. The molecule has 2 rings (SSSR count). The van der Waals surface area contributed by atoms with Crippen molar-refractivity contribution in [3.63, 3.8) is 0 Å². The van der Waals surface area contributed by atoms with Gasteiger partial charge in [-0.05, 0) is 30.2 Å². The van der Waals surface area contributed by atoms with Gasteiger partial charge in [0, 0.05) is 18.5 Å². The quantitative estimate of drug-likeness (QED) is 0.747. The highest BCUT2D eigenvalue weighted by atomic mass is 16.2. The smallest absolute Gasteiger partial charge is 0.224 e. The summed E-state index contributed by atoms with van der Waals surface area (Å²) in [5.74, 6) is 0.436. The van der Waals surface area contributed by atoms with Crippen molar-refractivity contribution in [1.82, 2.24) is 10.6 Å². The van der Waals surface area contributed by atoms with Gasteiger partial charge >= 0.3 is 0 Å².